The molecule has 1 aliphatic heterocycles. The van der Waals surface area contributed by atoms with E-state index in [1.807, 2.05) is 44.2 Å². The summed E-state index contributed by atoms with van der Waals surface area (Å²) in [5.74, 6) is 1.12. The van der Waals surface area contributed by atoms with Crippen molar-refractivity contribution >= 4 is 28.9 Å². The minimum atomic E-state index is -0.692. The highest BCUT2D eigenvalue weighted by Gasteiger charge is 2.32. The molecule has 1 heterocycles. The van der Waals surface area contributed by atoms with Gasteiger partial charge >= 0.3 is 0 Å². The number of hydrogen-bond donors (Lipinski definition) is 2. The van der Waals surface area contributed by atoms with Gasteiger partial charge in [0.15, 0.2) is 5.66 Å². The molecular formula is C13H20BrN5O2. The molecule has 7 nitrogen and oxygen atoms in total. The first kappa shape index (κ1) is 17.3. The van der Waals surface area contributed by atoms with E-state index in [0.29, 0.717) is 13.2 Å². The summed E-state index contributed by atoms with van der Waals surface area (Å²) in [7, 11) is 0. The van der Waals surface area contributed by atoms with Crippen LogP contribution in [0.3, 0.4) is 0 Å². The minimum Gasteiger partial charge on any atom is -0.491 e. The second kappa shape index (κ2) is 7.28. The van der Waals surface area contributed by atoms with Crippen molar-refractivity contribution in [2.75, 3.05) is 13.2 Å². The van der Waals surface area contributed by atoms with Crippen LogP contribution in [-0.2, 0) is 4.84 Å². The van der Waals surface area contributed by atoms with Gasteiger partial charge in [-0.25, -0.2) is 4.99 Å². The van der Waals surface area contributed by atoms with Gasteiger partial charge in [0.1, 0.15) is 19.0 Å². The molecule has 21 heavy (non-hydrogen) atoms. The van der Waals surface area contributed by atoms with Crippen LogP contribution in [0.25, 0.3) is 0 Å². The molecule has 1 aliphatic rings. The third-order valence-corrected chi connectivity index (χ3v) is 2.64. The molecule has 0 aliphatic carbocycles. The van der Waals surface area contributed by atoms with Crippen LogP contribution in [0.1, 0.15) is 13.8 Å². The molecule has 0 spiro atoms. The largest absolute Gasteiger partial charge is 0.491 e. The molecule has 8 heteroatoms. The number of aliphatic imine (C=N–C) groups is 2. The Labute approximate surface area is 134 Å². The molecule has 116 valence electrons. The lowest BCUT2D eigenvalue weighted by molar-refractivity contribution is -0.161. The molecule has 1 aromatic rings. The average molecular weight is 358 g/mol. The van der Waals surface area contributed by atoms with E-state index in [2.05, 4.69) is 9.98 Å². The van der Waals surface area contributed by atoms with Gasteiger partial charge in [-0.3, -0.25) is 4.84 Å². The lowest BCUT2D eigenvalue weighted by atomic mass is 10.2. The number of hydroxylamine groups is 2. The normalized spacial score (nSPS) is 16.6. The van der Waals surface area contributed by atoms with E-state index in [9.17, 15) is 0 Å². The number of hydrogen-bond acceptors (Lipinski definition) is 7. The lowest BCUT2D eigenvalue weighted by Crippen LogP contribution is -2.54. The highest BCUT2D eigenvalue weighted by Crippen LogP contribution is 2.19. The zero-order chi connectivity index (χ0) is 14.6. The highest BCUT2D eigenvalue weighted by molar-refractivity contribution is 8.93. The Morgan fingerprint density at radius 2 is 1.81 bits per heavy atom. The molecule has 0 saturated heterocycles. The van der Waals surface area contributed by atoms with Crippen LogP contribution in [0.15, 0.2) is 40.3 Å². The zero-order valence-corrected chi connectivity index (χ0v) is 13.7. The topological polar surface area (TPSA) is 98.5 Å². The SMILES string of the molecule is Br.CC1(C)N=C(N)N=C(N)N1OCCOc1ccccc1. The Kier molecular flexibility index (Phi) is 5.98. The van der Waals surface area contributed by atoms with Crippen molar-refractivity contribution in [2.24, 2.45) is 21.5 Å². The van der Waals surface area contributed by atoms with Crippen LogP contribution in [0.5, 0.6) is 5.75 Å². The summed E-state index contributed by atoms with van der Waals surface area (Å²) in [5.41, 5.74) is 10.7. The maximum Gasteiger partial charge on any atom is 0.226 e. The van der Waals surface area contributed by atoms with Crippen molar-refractivity contribution < 1.29 is 9.57 Å². The lowest BCUT2D eigenvalue weighted by Gasteiger charge is -2.36. The van der Waals surface area contributed by atoms with Gasteiger partial charge in [-0.15, -0.1) is 17.0 Å². The van der Waals surface area contributed by atoms with E-state index in [-0.39, 0.29) is 28.9 Å². The summed E-state index contributed by atoms with van der Waals surface area (Å²) >= 11 is 0. The van der Waals surface area contributed by atoms with Gasteiger partial charge in [0.05, 0.1) is 0 Å². The van der Waals surface area contributed by atoms with E-state index in [1.54, 1.807) is 0 Å². The average Bonchev–Trinajstić information content (AvgIpc) is 2.37. The van der Waals surface area contributed by atoms with Crippen LogP contribution in [0.4, 0.5) is 0 Å². The monoisotopic (exact) mass is 357 g/mol. The van der Waals surface area contributed by atoms with Crippen molar-refractivity contribution in [1.82, 2.24) is 5.06 Å². The number of para-hydroxylation sites is 1. The fourth-order valence-corrected chi connectivity index (χ4v) is 1.82. The van der Waals surface area contributed by atoms with Crippen LogP contribution in [0.2, 0.25) is 0 Å². The van der Waals surface area contributed by atoms with E-state index in [0.717, 1.165) is 5.75 Å². The Bertz CT molecular complexity index is 519. The van der Waals surface area contributed by atoms with Gasteiger partial charge in [0.25, 0.3) is 0 Å². The predicted molar refractivity (Wildman–Crippen MR) is 87.4 cm³/mol. The fraction of sp³-hybridized carbons (Fsp3) is 0.385. The quantitative estimate of drug-likeness (QED) is 0.772. The summed E-state index contributed by atoms with van der Waals surface area (Å²) in [5, 5.41) is 1.43. The molecule has 0 unspecified atom stereocenters. The number of benzene rings is 1. The van der Waals surface area contributed by atoms with Crippen LogP contribution < -0.4 is 16.2 Å². The van der Waals surface area contributed by atoms with Gasteiger partial charge in [-0.05, 0) is 26.0 Å². The standard InChI is InChI=1S/C13H19N5O2.BrH/c1-13(2)17-11(14)16-12(15)18(13)20-9-8-19-10-6-4-3-5-7-10;/h3-7H,8-9H2,1-2H3,(H4,14,15,16,17);1H. The molecule has 0 fully saturated rings. The van der Waals surface area contributed by atoms with Gasteiger partial charge in [0, 0.05) is 0 Å². The molecule has 1 aromatic carbocycles. The summed E-state index contributed by atoms with van der Waals surface area (Å²) < 4.78 is 5.53. The molecule has 0 bridgehead atoms. The van der Waals surface area contributed by atoms with Gasteiger partial charge in [-0.2, -0.15) is 10.1 Å². The molecule has 4 N–H and O–H groups in total. The third kappa shape index (κ3) is 4.61. The maximum atomic E-state index is 5.79. The van der Waals surface area contributed by atoms with E-state index in [1.165, 1.54) is 5.06 Å². The second-order valence-corrected chi connectivity index (χ2v) is 4.72. The molecular weight excluding hydrogens is 338 g/mol. The smallest absolute Gasteiger partial charge is 0.226 e. The first-order chi connectivity index (χ1) is 9.49. The summed E-state index contributed by atoms with van der Waals surface area (Å²) in [4.78, 5) is 13.6. The van der Waals surface area contributed by atoms with Crippen molar-refractivity contribution in [2.45, 2.75) is 19.5 Å². The Morgan fingerprint density at radius 3 is 2.43 bits per heavy atom. The molecule has 0 aromatic heterocycles. The summed E-state index contributed by atoms with van der Waals surface area (Å²) in [6, 6.07) is 9.51. The molecule has 2 rings (SSSR count). The Balaban J connectivity index is 0.00000220. The summed E-state index contributed by atoms with van der Waals surface area (Å²) in [6.07, 6.45) is 0. The van der Waals surface area contributed by atoms with Crippen molar-refractivity contribution in [3.63, 3.8) is 0 Å². The van der Waals surface area contributed by atoms with E-state index >= 15 is 0 Å². The number of rotatable bonds is 5. The number of guanidine groups is 2. The number of halogens is 1. The predicted octanol–water partition coefficient (Wildman–Crippen LogP) is 1.26. The molecule has 0 amide bonds. The summed E-state index contributed by atoms with van der Waals surface area (Å²) in [6.45, 7) is 4.38. The van der Waals surface area contributed by atoms with Crippen LogP contribution in [-0.4, -0.2) is 35.9 Å². The third-order valence-electron chi connectivity index (χ3n) is 2.64. The zero-order valence-electron chi connectivity index (χ0n) is 12.0. The van der Waals surface area contributed by atoms with Crippen molar-refractivity contribution in [3.05, 3.63) is 30.3 Å². The van der Waals surface area contributed by atoms with Gasteiger partial charge in [-0.1, -0.05) is 18.2 Å². The van der Waals surface area contributed by atoms with E-state index in [4.69, 9.17) is 21.0 Å². The maximum absolute atomic E-state index is 5.79. The number of nitrogens with zero attached hydrogens (tertiary/aromatic N) is 3. The molecule has 0 radical (unpaired) electrons. The van der Waals surface area contributed by atoms with Crippen LogP contribution in [0, 0.1) is 0 Å². The fourth-order valence-electron chi connectivity index (χ4n) is 1.82. The first-order valence-corrected chi connectivity index (χ1v) is 6.29. The number of ether oxygens (including phenoxy) is 1. The van der Waals surface area contributed by atoms with Gasteiger partial charge in [0.2, 0.25) is 11.9 Å². The molecule has 0 saturated carbocycles. The minimum absolute atomic E-state index is 0. The first-order valence-electron chi connectivity index (χ1n) is 6.29. The Hall–Kier alpha value is -1.80. The second-order valence-electron chi connectivity index (χ2n) is 4.72. The highest BCUT2D eigenvalue weighted by atomic mass is 79.9. The van der Waals surface area contributed by atoms with Crippen LogP contribution >= 0.6 is 17.0 Å². The van der Waals surface area contributed by atoms with E-state index < -0.39 is 5.66 Å². The Morgan fingerprint density at radius 1 is 1.14 bits per heavy atom. The van der Waals surface area contributed by atoms with Crippen molar-refractivity contribution in [3.8, 4) is 5.75 Å². The molecule has 0 atom stereocenters. The van der Waals surface area contributed by atoms with Gasteiger partial charge < -0.3 is 16.2 Å². The number of nitrogens with two attached hydrogens (primary N) is 2. The van der Waals surface area contributed by atoms with Crippen molar-refractivity contribution in [1.29, 1.82) is 0 Å².